The van der Waals surface area contributed by atoms with Gasteiger partial charge in [0.15, 0.2) is 5.65 Å². The van der Waals surface area contributed by atoms with Crippen molar-refractivity contribution in [2.45, 2.75) is 19.5 Å². The molecule has 0 radical (unpaired) electrons. The topological polar surface area (TPSA) is 70.4 Å². The van der Waals surface area contributed by atoms with Gasteiger partial charge in [0, 0.05) is 22.5 Å². The van der Waals surface area contributed by atoms with Crippen LogP contribution >= 0.6 is 23.2 Å². The molecule has 164 valence electrons. The van der Waals surface area contributed by atoms with Crippen LogP contribution in [0.3, 0.4) is 0 Å². The van der Waals surface area contributed by atoms with Crippen LogP contribution in [0, 0.1) is 6.92 Å². The van der Waals surface area contributed by atoms with Crippen molar-refractivity contribution in [3.05, 3.63) is 62.4 Å². The van der Waals surface area contributed by atoms with Crippen molar-refractivity contribution in [1.29, 1.82) is 0 Å². The van der Waals surface area contributed by atoms with Crippen LogP contribution in [0.1, 0.15) is 32.9 Å². The summed E-state index contributed by atoms with van der Waals surface area (Å²) in [5.74, 6) is -0.691. The number of nitrogens with zero attached hydrogens (tertiary/aromatic N) is 2. The van der Waals surface area contributed by atoms with Crippen molar-refractivity contribution >= 4 is 46.3 Å². The molecule has 0 saturated heterocycles. The third kappa shape index (κ3) is 4.20. The number of halogens is 5. The number of alkyl halides is 3. The van der Waals surface area contributed by atoms with Gasteiger partial charge in [0.25, 0.3) is 0 Å². The number of rotatable bonds is 3. The molecule has 0 amide bonds. The highest BCUT2D eigenvalue weighted by molar-refractivity contribution is 6.38. The van der Waals surface area contributed by atoms with Gasteiger partial charge in [-0.3, -0.25) is 0 Å². The summed E-state index contributed by atoms with van der Waals surface area (Å²) in [6, 6.07) is 5.22. The highest BCUT2D eigenvalue weighted by Crippen LogP contribution is 2.35. The van der Waals surface area contributed by atoms with Crippen molar-refractivity contribution in [2.24, 2.45) is 0 Å². The summed E-state index contributed by atoms with van der Waals surface area (Å²) in [5.41, 5.74) is -0.531. The van der Waals surface area contributed by atoms with Crippen LogP contribution in [0.4, 0.5) is 18.0 Å². The Hall–Kier alpha value is -2.78. The van der Waals surface area contributed by atoms with Crippen LogP contribution in [-0.4, -0.2) is 35.8 Å². The minimum Gasteiger partial charge on any atom is -0.465 e. The first-order valence-corrected chi connectivity index (χ1v) is 9.47. The number of pyridine rings is 1. The molecule has 0 spiro atoms. The Kier molecular flexibility index (Phi) is 6.20. The van der Waals surface area contributed by atoms with E-state index < -0.39 is 23.9 Å². The van der Waals surface area contributed by atoms with Crippen molar-refractivity contribution in [1.82, 2.24) is 9.55 Å². The third-order valence-corrected chi connectivity index (χ3v) is 5.44. The number of hydrogen-bond acceptors (Lipinski definition) is 5. The van der Waals surface area contributed by atoms with E-state index in [0.717, 1.165) is 17.7 Å². The summed E-state index contributed by atoms with van der Waals surface area (Å²) in [5, 5.41) is 0.520. The van der Waals surface area contributed by atoms with Gasteiger partial charge in [-0.25, -0.2) is 19.1 Å². The summed E-state index contributed by atoms with van der Waals surface area (Å²) in [4.78, 5) is 28.0. The third-order valence-electron chi connectivity index (χ3n) is 4.65. The number of aryl methyl sites for hydroxylation is 1. The molecule has 11 heteroatoms. The first-order valence-electron chi connectivity index (χ1n) is 8.72. The number of aromatic nitrogens is 2. The van der Waals surface area contributed by atoms with Crippen LogP contribution in [0.15, 0.2) is 24.3 Å². The normalized spacial score (nSPS) is 11.6. The minimum atomic E-state index is -4.70. The van der Waals surface area contributed by atoms with Gasteiger partial charge in [0.05, 0.1) is 24.8 Å². The average Bonchev–Trinajstić information content (AvgIpc) is 3.08. The smallest absolute Gasteiger partial charge is 0.433 e. The van der Waals surface area contributed by atoms with E-state index in [4.69, 9.17) is 27.9 Å². The number of esters is 1. The number of carbonyl (C=O) groups is 2. The minimum absolute atomic E-state index is 0.00156. The second-order valence-corrected chi connectivity index (χ2v) is 7.34. The summed E-state index contributed by atoms with van der Waals surface area (Å²) in [6.45, 7) is 1.47. The molecule has 0 aliphatic carbocycles. The van der Waals surface area contributed by atoms with E-state index in [1.807, 2.05) is 0 Å². The van der Waals surface area contributed by atoms with Gasteiger partial charge in [0.1, 0.15) is 5.69 Å². The number of hydrogen-bond donors (Lipinski definition) is 0. The lowest BCUT2D eigenvalue weighted by Gasteiger charge is -2.13. The molecule has 2 heterocycles. The maximum atomic E-state index is 13.3. The van der Waals surface area contributed by atoms with E-state index in [1.165, 1.54) is 32.2 Å². The molecule has 3 aromatic rings. The van der Waals surface area contributed by atoms with Gasteiger partial charge < -0.3 is 9.47 Å². The maximum Gasteiger partial charge on any atom is 0.433 e. The van der Waals surface area contributed by atoms with Crippen molar-refractivity contribution in [3.8, 4) is 0 Å². The fraction of sp³-hybridized carbons (Fsp3) is 0.250. The quantitative estimate of drug-likeness (QED) is 0.457. The molecule has 6 nitrogen and oxygen atoms in total. The Bertz CT molecular complexity index is 1210. The van der Waals surface area contributed by atoms with Crippen LogP contribution < -0.4 is 0 Å². The van der Waals surface area contributed by atoms with E-state index in [9.17, 15) is 22.8 Å². The summed E-state index contributed by atoms with van der Waals surface area (Å²) < 4.78 is 50.1. The Labute approximate surface area is 184 Å². The lowest BCUT2D eigenvalue weighted by atomic mass is 10.1. The van der Waals surface area contributed by atoms with Gasteiger partial charge in [-0.1, -0.05) is 23.2 Å². The lowest BCUT2D eigenvalue weighted by molar-refractivity contribution is -0.141. The average molecular weight is 475 g/mol. The number of carbonyl (C=O) groups excluding carboxylic acids is 2. The zero-order valence-electron chi connectivity index (χ0n) is 16.4. The van der Waals surface area contributed by atoms with Gasteiger partial charge >= 0.3 is 18.2 Å². The van der Waals surface area contributed by atoms with Crippen LogP contribution in [-0.2, 0) is 22.1 Å². The number of methoxy groups -OCH3 is 2. The van der Waals surface area contributed by atoms with Gasteiger partial charge in [-0.2, -0.15) is 13.2 Å². The molecule has 2 aromatic heterocycles. The second-order valence-electron chi connectivity index (χ2n) is 6.56. The maximum absolute atomic E-state index is 13.3. The first-order chi connectivity index (χ1) is 14.5. The first kappa shape index (κ1) is 22.9. The van der Waals surface area contributed by atoms with Gasteiger partial charge in [0.2, 0.25) is 0 Å². The molecule has 0 unspecified atom stereocenters. The Morgan fingerprint density at radius 3 is 2.39 bits per heavy atom. The lowest BCUT2D eigenvalue weighted by Crippen LogP contribution is -2.17. The van der Waals surface area contributed by atoms with Crippen molar-refractivity contribution in [3.63, 3.8) is 0 Å². The molecule has 0 N–H and O–H groups in total. The number of benzene rings is 1. The molecular weight excluding hydrogens is 460 g/mol. The van der Waals surface area contributed by atoms with Crippen molar-refractivity contribution in [2.75, 3.05) is 14.2 Å². The molecular formula is C20H15Cl2F3N2O4. The van der Waals surface area contributed by atoms with E-state index in [1.54, 1.807) is 0 Å². The molecule has 3 rings (SSSR count). The SMILES string of the molecule is COC(=O)c1ccc(Cl)c(Cc2cc3c(C)cc(C(F)(F)F)nc3n2C(=O)OC)c1Cl. The molecule has 0 fully saturated rings. The van der Waals surface area contributed by atoms with E-state index in [0.29, 0.717) is 5.39 Å². The zero-order chi connectivity index (χ0) is 23.1. The molecule has 31 heavy (non-hydrogen) atoms. The summed E-state index contributed by atoms with van der Waals surface area (Å²) in [7, 11) is 2.28. The molecule has 0 bridgehead atoms. The highest BCUT2D eigenvalue weighted by atomic mass is 35.5. The summed E-state index contributed by atoms with van der Waals surface area (Å²) in [6.07, 6.45) is -5.73. The van der Waals surface area contributed by atoms with Gasteiger partial charge in [-0.05, 0) is 42.3 Å². The van der Waals surface area contributed by atoms with Crippen LogP contribution in [0.2, 0.25) is 10.0 Å². The predicted molar refractivity (Wildman–Crippen MR) is 108 cm³/mol. The molecule has 0 aliphatic rings. The predicted octanol–water partition coefficient (Wildman–Crippen LogP) is 5.66. The number of ether oxygens (including phenoxy) is 2. The zero-order valence-corrected chi connectivity index (χ0v) is 17.9. The standard InChI is InChI=1S/C20H15Cl2F3N2O4/c1-9-6-15(20(23,24)25)26-17-12(9)7-10(27(17)19(29)31-3)8-13-14(21)5-4-11(16(13)22)18(28)30-2/h4-7H,8H2,1-3H3. The van der Waals surface area contributed by atoms with E-state index in [2.05, 4.69) is 9.72 Å². The summed E-state index contributed by atoms with van der Waals surface area (Å²) >= 11 is 12.6. The van der Waals surface area contributed by atoms with Crippen LogP contribution in [0.5, 0.6) is 0 Å². The number of fused-ring (bicyclic) bond motifs is 1. The highest BCUT2D eigenvalue weighted by Gasteiger charge is 2.34. The van der Waals surface area contributed by atoms with E-state index >= 15 is 0 Å². The Balaban J connectivity index is 2.25. The molecule has 0 atom stereocenters. The Morgan fingerprint density at radius 2 is 1.81 bits per heavy atom. The van der Waals surface area contributed by atoms with Crippen molar-refractivity contribution < 1.29 is 32.2 Å². The van der Waals surface area contributed by atoms with E-state index in [-0.39, 0.29) is 44.5 Å². The fourth-order valence-electron chi connectivity index (χ4n) is 3.16. The molecule has 0 saturated carbocycles. The molecule has 0 aliphatic heterocycles. The second kappa shape index (κ2) is 8.39. The van der Waals surface area contributed by atoms with Gasteiger partial charge in [-0.15, -0.1) is 0 Å². The molecule has 1 aromatic carbocycles. The van der Waals surface area contributed by atoms with Crippen LogP contribution in [0.25, 0.3) is 11.0 Å². The fourth-order valence-corrected chi connectivity index (χ4v) is 3.74. The Morgan fingerprint density at radius 1 is 1.13 bits per heavy atom. The monoisotopic (exact) mass is 474 g/mol. The largest absolute Gasteiger partial charge is 0.465 e.